The van der Waals surface area contributed by atoms with Crippen LogP contribution < -0.4 is 0 Å². The third-order valence-electron chi connectivity index (χ3n) is 12.4. The number of hydrogen-bond acceptors (Lipinski definition) is 1. The molecule has 1 heteroatoms. The van der Waals surface area contributed by atoms with E-state index in [9.17, 15) is 0 Å². The summed E-state index contributed by atoms with van der Waals surface area (Å²) in [5.74, 6) is 0. The molecular weight excluding hydrogens is 669 g/mol. The van der Waals surface area contributed by atoms with Crippen LogP contribution in [0.25, 0.3) is 75.5 Å². The number of aryl methyl sites for hydroxylation is 6. The van der Waals surface area contributed by atoms with Crippen LogP contribution in [0.2, 0.25) is 0 Å². The second-order valence-electron chi connectivity index (χ2n) is 16.0. The van der Waals surface area contributed by atoms with E-state index in [2.05, 4.69) is 175 Å². The van der Waals surface area contributed by atoms with Gasteiger partial charge in [0.2, 0.25) is 0 Å². The lowest BCUT2D eigenvalue weighted by atomic mass is 9.69. The molecule has 0 fully saturated rings. The highest BCUT2D eigenvalue weighted by atomic mass is 32.1. The summed E-state index contributed by atoms with van der Waals surface area (Å²) in [7, 11) is 0. The van der Waals surface area contributed by atoms with E-state index in [1.807, 2.05) is 11.3 Å². The molecule has 8 aromatic carbocycles. The van der Waals surface area contributed by atoms with Gasteiger partial charge in [-0.25, -0.2) is 0 Å². The highest BCUT2D eigenvalue weighted by Gasteiger charge is 2.54. The zero-order chi connectivity index (χ0) is 36.6. The summed E-state index contributed by atoms with van der Waals surface area (Å²) in [5.41, 5.74) is 22.6. The molecule has 0 saturated heterocycles. The van der Waals surface area contributed by atoms with Crippen molar-refractivity contribution in [1.29, 1.82) is 0 Å². The van der Waals surface area contributed by atoms with Crippen molar-refractivity contribution in [3.05, 3.63) is 189 Å². The van der Waals surface area contributed by atoms with Gasteiger partial charge >= 0.3 is 0 Å². The Labute approximate surface area is 321 Å². The molecule has 2 aliphatic carbocycles. The summed E-state index contributed by atoms with van der Waals surface area (Å²) in [4.78, 5) is 1.44. The predicted octanol–water partition coefficient (Wildman–Crippen LogP) is 14.7. The molecule has 9 aromatic rings. The maximum Gasteiger partial charge on any atom is 0.0740 e. The number of hydrogen-bond donors (Lipinski definition) is 0. The third kappa shape index (κ3) is 4.03. The molecular formula is C53H40S. The van der Waals surface area contributed by atoms with E-state index in [1.165, 1.54) is 131 Å². The number of rotatable bonds is 2. The maximum absolute atomic E-state index is 2.51. The standard InChI is InChI=1S/C53H40S/c1-29-22-30(2)26-35(25-29)47-36-14-7-9-16-38(36)48(39-17-10-8-15-37(39)47)41-19-13-21-44-49(41)40-18-11-12-20-43(40)53(44)45-28-32(4)23-33(5)46(45)52-50(53)42-27-31(3)24-34(6)51(42)54-52/h7-28H,1-6H3. The molecule has 11 rings (SSSR count). The molecule has 1 atom stereocenters. The Morgan fingerprint density at radius 1 is 0.389 bits per heavy atom. The summed E-state index contributed by atoms with van der Waals surface area (Å²) < 4.78 is 1.41. The quantitative estimate of drug-likeness (QED) is 0.157. The Balaban J connectivity index is 1.32. The van der Waals surface area contributed by atoms with E-state index in [0.717, 1.165) is 0 Å². The Kier molecular flexibility index (Phi) is 6.54. The molecule has 0 bridgehead atoms. The van der Waals surface area contributed by atoms with Crippen LogP contribution >= 0.6 is 11.3 Å². The largest absolute Gasteiger partial charge is 0.135 e. The zero-order valence-corrected chi connectivity index (χ0v) is 32.4. The average molecular weight is 709 g/mol. The first-order chi connectivity index (χ1) is 26.3. The smallest absolute Gasteiger partial charge is 0.0740 e. The molecule has 1 spiro atoms. The summed E-state index contributed by atoms with van der Waals surface area (Å²) >= 11 is 2.00. The Bertz CT molecular complexity index is 3040. The van der Waals surface area contributed by atoms with Gasteiger partial charge in [0.1, 0.15) is 0 Å². The van der Waals surface area contributed by atoms with Gasteiger partial charge in [-0.05, 0) is 141 Å². The maximum atomic E-state index is 2.51. The minimum Gasteiger partial charge on any atom is -0.135 e. The van der Waals surface area contributed by atoms with Crippen molar-refractivity contribution in [3.8, 4) is 43.8 Å². The van der Waals surface area contributed by atoms with Crippen LogP contribution in [-0.2, 0) is 5.41 Å². The highest BCUT2D eigenvalue weighted by molar-refractivity contribution is 7.23. The lowest BCUT2D eigenvalue weighted by Gasteiger charge is -2.31. The van der Waals surface area contributed by atoms with Crippen LogP contribution in [0.4, 0.5) is 0 Å². The van der Waals surface area contributed by atoms with Crippen LogP contribution in [-0.4, -0.2) is 0 Å². The van der Waals surface area contributed by atoms with E-state index in [4.69, 9.17) is 0 Å². The van der Waals surface area contributed by atoms with Crippen LogP contribution in [0.3, 0.4) is 0 Å². The van der Waals surface area contributed by atoms with E-state index in [-0.39, 0.29) is 0 Å². The minimum atomic E-state index is -0.424. The van der Waals surface area contributed by atoms with Crippen molar-refractivity contribution in [2.75, 3.05) is 0 Å². The first-order valence-corrected chi connectivity index (χ1v) is 20.0. The second-order valence-corrected chi connectivity index (χ2v) is 17.0. The van der Waals surface area contributed by atoms with Crippen LogP contribution in [0.5, 0.6) is 0 Å². The first kappa shape index (κ1) is 31.7. The van der Waals surface area contributed by atoms with E-state index in [0.29, 0.717) is 0 Å². The van der Waals surface area contributed by atoms with Gasteiger partial charge in [0.15, 0.2) is 0 Å². The van der Waals surface area contributed by atoms with Crippen molar-refractivity contribution in [2.45, 2.75) is 47.0 Å². The predicted molar refractivity (Wildman–Crippen MR) is 232 cm³/mol. The third-order valence-corrected chi connectivity index (χ3v) is 13.7. The fraction of sp³-hybridized carbons (Fsp3) is 0.132. The van der Waals surface area contributed by atoms with Gasteiger partial charge in [0.25, 0.3) is 0 Å². The van der Waals surface area contributed by atoms with Gasteiger partial charge in [-0.1, -0.05) is 156 Å². The molecule has 0 aliphatic heterocycles. The molecule has 0 saturated carbocycles. The number of thiophene rings is 1. The highest BCUT2D eigenvalue weighted by Crippen LogP contribution is 2.68. The molecule has 1 aromatic heterocycles. The second kappa shape index (κ2) is 11.1. The first-order valence-electron chi connectivity index (χ1n) is 19.2. The molecule has 258 valence electrons. The van der Waals surface area contributed by atoms with Crippen molar-refractivity contribution < 1.29 is 0 Å². The van der Waals surface area contributed by atoms with Crippen LogP contribution in [0.1, 0.15) is 55.6 Å². The fourth-order valence-corrected chi connectivity index (χ4v) is 12.2. The lowest BCUT2D eigenvalue weighted by Crippen LogP contribution is -2.26. The summed E-state index contributed by atoms with van der Waals surface area (Å²) in [6.07, 6.45) is 0. The zero-order valence-electron chi connectivity index (χ0n) is 31.6. The SMILES string of the molecule is Cc1cc(C)cc(-c2c3ccccc3c(-c3cccc4c3-c3ccccc3C43c4cc(C)cc(C)c4-c4sc5c(C)cc(C)cc5c43)c3ccccc23)c1. The molecule has 0 N–H and O–H groups in total. The Morgan fingerprint density at radius 2 is 0.944 bits per heavy atom. The van der Waals surface area contributed by atoms with Crippen LogP contribution in [0.15, 0.2) is 133 Å². The van der Waals surface area contributed by atoms with E-state index in [1.54, 1.807) is 0 Å². The molecule has 0 amide bonds. The number of benzene rings is 8. The molecule has 1 unspecified atom stereocenters. The van der Waals surface area contributed by atoms with Gasteiger partial charge in [-0.15, -0.1) is 11.3 Å². The molecule has 0 nitrogen and oxygen atoms in total. The molecule has 2 aliphatic rings. The van der Waals surface area contributed by atoms with Crippen molar-refractivity contribution in [1.82, 2.24) is 0 Å². The molecule has 1 heterocycles. The molecule has 54 heavy (non-hydrogen) atoms. The summed E-state index contributed by atoms with van der Waals surface area (Å²) in [5, 5.41) is 6.59. The Hall–Kier alpha value is -5.76. The van der Waals surface area contributed by atoms with Gasteiger partial charge in [-0.3, -0.25) is 0 Å². The van der Waals surface area contributed by atoms with Gasteiger partial charge < -0.3 is 0 Å². The normalized spacial score (nSPS) is 15.3. The lowest BCUT2D eigenvalue weighted by molar-refractivity contribution is 0.801. The minimum absolute atomic E-state index is 0.424. The number of fused-ring (bicyclic) bond motifs is 14. The Morgan fingerprint density at radius 3 is 1.65 bits per heavy atom. The summed E-state index contributed by atoms with van der Waals surface area (Å²) in [6, 6.07) is 51.5. The summed E-state index contributed by atoms with van der Waals surface area (Å²) in [6.45, 7) is 13.6. The van der Waals surface area contributed by atoms with Gasteiger partial charge in [-0.2, -0.15) is 0 Å². The van der Waals surface area contributed by atoms with Crippen molar-refractivity contribution in [3.63, 3.8) is 0 Å². The van der Waals surface area contributed by atoms with Crippen LogP contribution in [0, 0.1) is 41.5 Å². The van der Waals surface area contributed by atoms with Gasteiger partial charge in [0.05, 0.1) is 5.41 Å². The van der Waals surface area contributed by atoms with Gasteiger partial charge in [0, 0.05) is 9.58 Å². The topological polar surface area (TPSA) is 0 Å². The van der Waals surface area contributed by atoms with Crippen molar-refractivity contribution >= 4 is 43.0 Å². The van der Waals surface area contributed by atoms with Crippen molar-refractivity contribution in [2.24, 2.45) is 0 Å². The van der Waals surface area contributed by atoms with E-state index >= 15 is 0 Å². The average Bonchev–Trinajstić information content (AvgIpc) is 3.77. The van der Waals surface area contributed by atoms with E-state index < -0.39 is 5.41 Å². The fourth-order valence-electron chi connectivity index (χ4n) is 10.7. The molecule has 0 radical (unpaired) electrons. The monoisotopic (exact) mass is 708 g/mol.